The van der Waals surface area contributed by atoms with Crippen molar-refractivity contribution in [2.75, 3.05) is 12.3 Å². The molecule has 0 aromatic heterocycles. The molecule has 0 saturated carbocycles. The van der Waals surface area contributed by atoms with Crippen LogP contribution in [0.3, 0.4) is 0 Å². The molecule has 9 heteroatoms. The van der Waals surface area contributed by atoms with E-state index in [0.717, 1.165) is 10.6 Å². The summed E-state index contributed by atoms with van der Waals surface area (Å²) in [7, 11) is 0. The topological polar surface area (TPSA) is 124 Å². The molecule has 1 heterocycles. The summed E-state index contributed by atoms with van der Waals surface area (Å²) in [6.07, 6.45) is 0. The quantitative estimate of drug-likeness (QED) is 0.371. The van der Waals surface area contributed by atoms with Crippen molar-refractivity contribution in [3.8, 4) is 0 Å². The summed E-state index contributed by atoms with van der Waals surface area (Å²) >= 11 is 0. The highest BCUT2D eigenvalue weighted by molar-refractivity contribution is 5.99. The van der Waals surface area contributed by atoms with Gasteiger partial charge < -0.3 is 5.73 Å². The van der Waals surface area contributed by atoms with Crippen molar-refractivity contribution in [3.05, 3.63) is 29.8 Å². The van der Waals surface area contributed by atoms with E-state index in [1.54, 1.807) is 38.1 Å². The molecule has 0 unspecified atom stereocenters. The number of nitrogen functional groups attached to an aromatic ring is 1. The Bertz CT molecular complexity index is 636. The Hall–Kier alpha value is -3.10. The molecule has 1 aromatic carbocycles. The van der Waals surface area contributed by atoms with Crippen molar-refractivity contribution in [1.29, 1.82) is 0 Å². The molecule has 1 aliphatic rings. The van der Waals surface area contributed by atoms with Crippen molar-refractivity contribution in [3.63, 3.8) is 0 Å². The fourth-order valence-corrected chi connectivity index (χ4v) is 1.70. The molecular weight excluding hydrogens is 286 g/mol. The number of nitrogens with zero attached hydrogens (tertiary/aromatic N) is 3. The van der Waals surface area contributed by atoms with Gasteiger partial charge >= 0.3 is 12.1 Å². The molecule has 1 aliphatic heterocycles. The lowest BCUT2D eigenvalue weighted by atomic mass is 10.1. The molecule has 2 rings (SSSR count). The third kappa shape index (κ3) is 3.95. The van der Waals surface area contributed by atoms with E-state index in [2.05, 4.69) is 26.5 Å². The number of carbonyl (C=O) groups is 2. The van der Waals surface area contributed by atoms with Crippen molar-refractivity contribution >= 4 is 29.2 Å². The number of amides is 4. The van der Waals surface area contributed by atoms with Crippen LogP contribution in [0.25, 0.3) is 0 Å². The van der Waals surface area contributed by atoms with E-state index < -0.39 is 12.1 Å². The molecule has 0 saturated heterocycles. The van der Waals surface area contributed by atoms with E-state index in [4.69, 9.17) is 5.73 Å². The Balaban J connectivity index is 1.92. The van der Waals surface area contributed by atoms with Crippen LogP contribution in [0.5, 0.6) is 0 Å². The first kappa shape index (κ1) is 15.3. The van der Waals surface area contributed by atoms with Crippen molar-refractivity contribution < 1.29 is 9.59 Å². The molecule has 0 radical (unpaired) electrons. The Morgan fingerprint density at radius 2 is 2.09 bits per heavy atom. The maximum Gasteiger partial charge on any atom is 0.356 e. The zero-order valence-corrected chi connectivity index (χ0v) is 12.3. The van der Waals surface area contributed by atoms with Crippen LogP contribution < -0.4 is 22.0 Å². The molecule has 22 heavy (non-hydrogen) atoms. The van der Waals surface area contributed by atoms with Gasteiger partial charge in [-0.15, -0.1) is 0 Å². The van der Waals surface area contributed by atoms with E-state index in [1.165, 1.54) is 0 Å². The lowest BCUT2D eigenvalue weighted by Gasteiger charge is -2.25. The zero-order valence-electron chi connectivity index (χ0n) is 12.3. The summed E-state index contributed by atoms with van der Waals surface area (Å²) in [6.45, 7) is 3.69. The number of nitrogens with one attached hydrogen (secondary N) is 3. The molecule has 116 valence electrons. The molecule has 4 amide bonds. The van der Waals surface area contributed by atoms with E-state index in [0.29, 0.717) is 17.1 Å². The molecule has 9 nitrogen and oxygen atoms in total. The van der Waals surface area contributed by atoms with Gasteiger partial charge in [-0.2, -0.15) is 10.2 Å². The molecule has 0 bridgehead atoms. The minimum Gasteiger partial charge on any atom is -0.399 e. The number of hydrazone groups is 2. The first-order valence-electron chi connectivity index (χ1n) is 6.53. The van der Waals surface area contributed by atoms with E-state index in [9.17, 15) is 9.59 Å². The minimum absolute atomic E-state index is 0.208. The molecule has 0 atom stereocenters. The van der Waals surface area contributed by atoms with Crippen LogP contribution in [0, 0.1) is 0 Å². The predicted octanol–water partition coefficient (Wildman–Crippen LogP) is 0.608. The summed E-state index contributed by atoms with van der Waals surface area (Å²) < 4.78 is 0. The van der Waals surface area contributed by atoms with Crippen molar-refractivity contribution in [2.24, 2.45) is 10.2 Å². The standard InChI is InChI=1S/C13H17N7O2/c1-8-7-20(13(22)18-15-8)19-12(21)17-16-9(2)10-3-5-11(14)6-4-10/h3-6H,7,14H2,1-2H3,(H,18,22)(H2,17,19,21)/b16-9+. The fraction of sp³-hybridized carbons (Fsp3) is 0.231. The maximum absolute atomic E-state index is 11.7. The van der Waals surface area contributed by atoms with Gasteiger partial charge in [0.15, 0.2) is 0 Å². The molecule has 0 spiro atoms. The van der Waals surface area contributed by atoms with Crippen LogP contribution in [-0.2, 0) is 0 Å². The average molecular weight is 303 g/mol. The Kier molecular flexibility index (Phi) is 4.57. The number of nitrogens with two attached hydrogens (primary N) is 1. The van der Waals surface area contributed by atoms with Crippen LogP contribution in [-0.4, -0.2) is 35.0 Å². The van der Waals surface area contributed by atoms with Crippen LogP contribution in [0.4, 0.5) is 15.3 Å². The number of hydrogen-bond acceptors (Lipinski definition) is 5. The summed E-state index contributed by atoms with van der Waals surface area (Å²) in [5.41, 5.74) is 15.3. The van der Waals surface area contributed by atoms with Crippen LogP contribution in [0.2, 0.25) is 0 Å². The van der Waals surface area contributed by atoms with Crippen LogP contribution >= 0.6 is 0 Å². The summed E-state index contributed by atoms with van der Waals surface area (Å²) in [6, 6.07) is 5.94. The van der Waals surface area contributed by atoms with Crippen LogP contribution in [0.15, 0.2) is 34.5 Å². The Morgan fingerprint density at radius 3 is 2.77 bits per heavy atom. The minimum atomic E-state index is -0.625. The number of hydrazine groups is 1. The number of benzene rings is 1. The molecule has 5 N–H and O–H groups in total. The van der Waals surface area contributed by atoms with E-state index in [1.807, 2.05) is 0 Å². The molecule has 1 aromatic rings. The van der Waals surface area contributed by atoms with Gasteiger partial charge in [0.25, 0.3) is 0 Å². The first-order chi connectivity index (χ1) is 10.5. The second kappa shape index (κ2) is 6.57. The number of anilines is 1. The van der Waals surface area contributed by atoms with E-state index >= 15 is 0 Å². The zero-order chi connectivity index (χ0) is 16.1. The highest BCUT2D eigenvalue weighted by Crippen LogP contribution is 2.06. The monoisotopic (exact) mass is 303 g/mol. The fourth-order valence-electron chi connectivity index (χ4n) is 1.70. The Labute approximate surface area is 127 Å². The van der Waals surface area contributed by atoms with E-state index in [-0.39, 0.29) is 6.54 Å². The lowest BCUT2D eigenvalue weighted by molar-refractivity contribution is 0.173. The smallest absolute Gasteiger partial charge is 0.356 e. The average Bonchev–Trinajstić information content (AvgIpc) is 2.49. The summed E-state index contributed by atoms with van der Waals surface area (Å²) in [5.74, 6) is 0. The second-order valence-corrected chi connectivity index (χ2v) is 4.72. The van der Waals surface area contributed by atoms with Gasteiger partial charge in [0, 0.05) is 5.69 Å². The third-order valence-electron chi connectivity index (χ3n) is 2.86. The second-order valence-electron chi connectivity index (χ2n) is 4.72. The number of urea groups is 2. The number of rotatable bonds is 3. The third-order valence-corrected chi connectivity index (χ3v) is 2.86. The van der Waals surface area contributed by atoms with Gasteiger partial charge in [-0.05, 0) is 31.5 Å². The highest BCUT2D eigenvalue weighted by Gasteiger charge is 2.20. The van der Waals surface area contributed by atoms with Crippen molar-refractivity contribution in [1.82, 2.24) is 21.3 Å². The molecular formula is C13H17N7O2. The van der Waals surface area contributed by atoms with Gasteiger partial charge in [0.2, 0.25) is 0 Å². The largest absolute Gasteiger partial charge is 0.399 e. The number of carbonyl (C=O) groups excluding carboxylic acids is 2. The van der Waals surface area contributed by atoms with Crippen molar-refractivity contribution in [2.45, 2.75) is 13.8 Å². The first-order valence-corrected chi connectivity index (χ1v) is 6.53. The van der Waals surface area contributed by atoms with Crippen LogP contribution in [0.1, 0.15) is 19.4 Å². The van der Waals surface area contributed by atoms with Gasteiger partial charge in [0.05, 0.1) is 18.0 Å². The maximum atomic E-state index is 11.7. The molecule has 0 fully saturated rings. The number of hydrogen-bond donors (Lipinski definition) is 4. The predicted molar refractivity (Wildman–Crippen MR) is 83.1 cm³/mol. The SMILES string of the molecule is CC1=NNC(=O)N(NC(=O)N/N=C(\C)c2ccc(N)cc2)C1. The summed E-state index contributed by atoms with van der Waals surface area (Å²) in [5, 5.41) is 8.82. The highest BCUT2D eigenvalue weighted by atomic mass is 16.2. The van der Waals surface area contributed by atoms with Gasteiger partial charge in [-0.25, -0.2) is 30.9 Å². The molecule has 0 aliphatic carbocycles. The lowest BCUT2D eigenvalue weighted by Crippen LogP contribution is -2.56. The van der Waals surface area contributed by atoms with Gasteiger partial charge in [0.1, 0.15) is 0 Å². The normalized spacial score (nSPS) is 15.0. The summed E-state index contributed by atoms with van der Waals surface area (Å²) in [4.78, 5) is 23.2. The van der Waals surface area contributed by atoms with Gasteiger partial charge in [-0.1, -0.05) is 12.1 Å². The van der Waals surface area contributed by atoms with Gasteiger partial charge in [-0.3, -0.25) is 0 Å². The Morgan fingerprint density at radius 1 is 1.41 bits per heavy atom.